The highest BCUT2D eigenvalue weighted by Gasteiger charge is 2.39. The normalized spacial score (nSPS) is 23.0. The molecule has 2 N–H and O–H groups in total. The number of amides is 2. The van der Waals surface area contributed by atoms with E-state index in [1.54, 1.807) is 23.5 Å². The number of hydrogen-bond donors (Lipinski definition) is 2. The summed E-state index contributed by atoms with van der Waals surface area (Å²) >= 11 is 1.75. The minimum atomic E-state index is -0.0735. The highest BCUT2D eigenvalue weighted by molar-refractivity contribution is 7.10. The van der Waals surface area contributed by atoms with Crippen LogP contribution in [0.2, 0.25) is 0 Å². The largest absolute Gasteiger partial charge is 0.350 e. The number of carbonyl (C=O) groups is 2. The maximum absolute atomic E-state index is 12.7. The van der Waals surface area contributed by atoms with Gasteiger partial charge in [0, 0.05) is 28.6 Å². The molecule has 3 atom stereocenters. The number of benzene rings is 1. The maximum Gasteiger partial charge on any atom is 0.251 e. The first kappa shape index (κ1) is 21.1. The molecule has 2 aromatic rings. The predicted molar refractivity (Wildman–Crippen MR) is 122 cm³/mol. The van der Waals surface area contributed by atoms with Gasteiger partial charge in [0.1, 0.15) is 0 Å². The van der Waals surface area contributed by atoms with Gasteiger partial charge in [-0.2, -0.15) is 0 Å². The molecular formula is C24H31N3O2S. The van der Waals surface area contributed by atoms with Crippen molar-refractivity contribution in [3.8, 4) is 0 Å². The molecule has 1 aromatic heterocycles. The topological polar surface area (TPSA) is 61.4 Å². The average Bonchev–Trinajstić information content (AvgIpc) is 3.24. The highest BCUT2D eigenvalue weighted by Crippen LogP contribution is 2.38. The van der Waals surface area contributed by atoms with Gasteiger partial charge in [-0.05, 0) is 79.9 Å². The van der Waals surface area contributed by atoms with Crippen LogP contribution in [0.4, 0.5) is 5.69 Å². The Morgan fingerprint density at radius 2 is 1.83 bits per heavy atom. The van der Waals surface area contributed by atoms with Crippen molar-refractivity contribution in [2.45, 2.75) is 39.2 Å². The summed E-state index contributed by atoms with van der Waals surface area (Å²) in [5.74, 6) is 1.40. The fraction of sp³-hybridized carbons (Fsp3) is 0.500. The lowest BCUT2D eigenvalue weighted by Crippen LogP contribution is -2.41. The van der Waals surface area contributed by atoms with Crippen molar-refractivity contribution in [1.82, 2.24) is 10.2 Å². The van der Waals surface area contributed by atoms with E-state index in [2.05, 4.69) is 46.9 Å². The first-order valence-electron chi connectivity index (χ1n) is 11.0. The minimum Gasteiger partial charge on any atom is -0.350 e. The number of hydrogen-bond acceptors (Lipinski definition) is 4. The Hall–Kier alpha value is -2.18. The summed E-state index contributed by atoms with van der Waals surface area (Å²) in [6, 6.07) is 11.6. The molecule has 1 saturated carbocycles. The smallest absolute Gasteiger partial charge is 0.251 e. The Kier molecular flexibility index (Phi) is 6.54. The Bertz CT molecular complexity index is 857. The number of piperidine rings is 1. The third kappa shape index (κ3) is 5.10. The van der Waals surface area contributed by atoms with Gasteiger partial charge in [-0.15, -0.1) is 11.3 Å². The molecule has 30 heavy (non-hydrogen) atoms. The summed E-state index contributed by atoms with van der Waals surface area (Å²) in [6.07, 6.45) is 3.39. The van der Waals surface area contributed by atoms with Gasteiger partial charge in [-0.25, -0.2) is 0 Å². The second-order valence-corrected chi connectivity index (χ2v) is 9.83. The van der Waals surface area contributed by atoms with E-state index in [0.29, 0.717) is 18.0 Å². The van der Waals surface area contributed by atoms with Crippen LogP contribution >= 0.6 is 11.3 Å². The molecular weight excluding hydrogens is 394 g/mol. The summed E-state index contributed by atoms with van der Waals surface area (Å²) in [6.45, 7) is 7.16. The maximum atomic E-state index is 12.7. The van der Waals surface area contributed by atoms with Crippen molar-refractivity contribution >= 4 is 28.8 Å². The third-order valence-electron chi connectivity index (χ3n) is 6.45. The van der Waals surface area contributed by atoms with Crippen molar-refractivity contribution in [2.24, 2.45) is 17.8 Å². The number of anilines is 1. The van der Waals surface area contributed by atoms with Gasteiger partial charge in [0.15, 0.2) is 0 Å². The van der Waals surface area contributed by atoms with Crippen LogP contribution in [-0.2, 0) is 4.79 Å². The fourth-order valence-corrected chi connectivity index (χ4v) is 5.01. The molecule has 4 rings (SSSR count). The van der Waals surface area contributed by atoms with Crippen LogP contribution in [0.5, 0.6) is 0 Å². The SMILES string of the molecule is CC1CCN(C(CNC(=O)c2ccc(NC(=O)C3CC3C)cc2)c2cccs2)CC1. The molecule has 2 heterocycles. The Morgan fingerprint density at radius 3 is 2.43 bits per heavy atom. The molecule has 3 unspecified atom stereocenters. The molecule has 2 aliphatic rings. The first-order valence-corrected chi connectivity index (χ1v) is 11.9. The van der Waals surface area contributed by atoms with Crippen molar-refractivity contribution < 1.29 is 9.59 Å². The zero-order valence-electron chi connectivity index (χ0n) is 17.8. The second kappa shape index (κ2) is 9.31. The van der Waals surface area contributed by atoms with Crippen LogP contribution in [0.1, 0.15) is 54.4 Å². The van der Waals surface area contributed by atoms with E-state index in [9.17, 15) is 9.59 Å². The zero-order chi connectivity index (χ0) is 21.1. The van der Waals surface area contributed by atoms with E-state index in [1.165, 1.54) is 17.7 Å². The quantitative estimate of drug-likeness (QED) is 0.684. The zero-order valence-corrected chi connectivity index (χ0v) is 18.6. The van der Waals surface area contributed by atoms with E-state index < -0.39 is 0 Å². The molecule has 0 spiro atoms. The molecule has 160 valence electrons. The standard InChI is InChI=1S/C24H31N3O2S/c1-16-9-11-27(12-10-16)21(22-4-3-13-30-22)15-25-23(28)18-5-7-19(8-6-18)26-24(29)20-14-17(20)2/h3-8,13,16-17,20-21H,9-12,14-15H2,1-2H3,(H,25,28)(H,26,29). The van der Waals surface area contributed by atoms with E-state index in [4.69, 9.17) is 0 Å². The van der Waals surface area contributed by atoms with Crippen LogP contribution in [0, 0.1) is 17.8 Å². The van der Waals surface area contributed by atoms with E-state index >= 15 is 0 Å². The van der Waals surface area contributed by atoms with Crippen LogP contribution in [0.25, 0.3) is 0 Å². The van der Waals surface area contributed by atoms with Gasteiger partial charge in [-0.1, -0.05) is 19.9 Å². The van der Waals surface area contributed by atoms with Crippen LogP contribution < -0.4 is 10.6 Å². The number of carbonyl (C=O) groups excluding carboxylic acids is 2. The summed E-state index contributed by atoms with van der Waals surface area (Å²) in [5, 5.41) is 8.17. The number of nitrogens with one attached hydrogen (secondary N) is 2. The Labute approximate surface area is 182 Å². The van der Waals surface area contributed by atoms with Gasteiger partial charge in [-0.3, -0.25) is 14.5 Å². The minimum absolute atomic E-state index is 0.0735. The van der Waals surface area contributed by atoms with Crippen molar-refractivity contribution in [2.75, 3.05) is 25.0 Å². The number of rotatable bonds is 7. The number of nitrogens with zero attached hydrogens (tertiary/aromatic N) is 1. The molecule has 0 radical (unpaired) electrons. The van der Waals surface area contributed by atoms with Crippen molar-refractivity contribution in [3.05, 3.63) is 52.2 Å². The highest BCUT2D eigenvalue weighted by atomic mass is 32.1. The van der Waals surface area contributed by atoms with Gasteiger partial charge in [0.2, 0.25) is 5.91 Å². The van der Waals surface area contributed by atoms with Gasteiger partial charge in [0.25, 0.3) is 5.91 Å². The molecule has 1 aromatic carbocycles. The van der Waals surface area contributed by atoms with Crippen molar-refractivity contribution in [1.29, 1.82) is 0 Å². The molecule has 2 fully saturated rings. The molecule has 6 heteroatoms. The average molecular weight is 426 g/mol. The van der Waals surface area contributed by atoms with E-state index in [0.717, 1.165) is 31.1 Å². The Balaban J connectivity index is 1.34. The molecule has 1 aliphatic heterocycles. The fourth-order valence-electron chi connectivity index (χ4n) is 4.15. The number of thiophene rings is 1. The van der Waals surface area contributed by atoms with Gasteiger partial charge >= 0.3 is 0 Å². The van der Waals surface area contributed by atoms with Crippen LogP contribution in [-0.4, -0.2) is 36.3 Å². The molecule has 1 saturated heterocycles. The first-order chi connectivity index (χ1) is 14.5. The lowest BCUT2D eigenvalue weighted by molar-refractivity contribution is -0.117. The lowest BCUT2D eigenvalue weighted by atomic mass is 9.97. The second-order valence-electron chi connectivity index (χ2n) is 8.85. The lowest BCUT2D eigenvalue weighted by Gasteiger charge is -2.36. The summed E-state index contributed by atoms with van der Waals surface area (Å²) < 4.78 is 0. The summed E-state index contributed by atoms with van der Waals surface area (Å²) in [5.41, 5.74) is 1.36. The van der Waals surface area contributed by atoms with E-state index in [-0.39, 0.29) is 23.8 Å². The van der Waals surface area contributed by atoms with Gasteiger partial charge in [0.05, 0.1) is 6.04 Å². The number of likely N-dealkylation sites (tertiary alicyclic amines) is 1. The molecule has 1 aliphatic carbocycles. The molecule has 5 nitrogen and oxygen atoms in total. The van der Waals surface area contributed by atoms with E-state index in [1.807, 2.05) is 12.1 Å². The third-order valence-corrected chi connectivity index (χ3v) is 7.42. The van der Waals surface area contributed by atoms with Gasteiger partial charge < -0.3 is 10.6 Å². The monoisotopic (exact) mass is 425 g/mol. The summed E-state index contributed by atoms with van der Waals surface area (Å²) in [4.78, 5) is 28.6. The predicted octanol–water partition coefficient (Wildman–Crippen LogP) is 4.55. The summed E-state index contributed by atoms with van der Waals surface area (Å²) in [7, 11) is 0. The van der Waals surface area contributed by atoms with Crippen molar-refractivity contribution in [3.63, 3.8) is 0 Å². The molecule has 2 amide bonds. The van der Waals surface area contributed by atoms with Crippen LogP contribution in [0.15, 0.2) is 41.8 Å². The molecule has 0 bridgehead atoms. The van der Waals surface area contributed by atoms with Crippen LogP contribution in [0.3, 0.4) is 0 Å². The Morgan fingerprint density at radius 1 is 1.13 bits per heavy atom.